The fraction of sp³-hybridized carbons (Fsp3) is 0.417. The minimum Gasteiger partial charge on any atom is -0.481 e. The van der Waals surface area contributed by atoms with Gasteiger partial charge < -0.3 is 10.4 Å². The average molecular weight is 239 g/mol. The molecule has 0 fully saturated rings. The Hall–Kier alpha value is -1.00. The molecule has 1 rings (SSSR count). The fourth-order valence-electron chi connectivity index (χ4n) is 1.66. The number of hydrogen-bond donors (Lipinski definition) is 2. The second-order valence-electron chi connectivity index (χ2n) is 3.67. The van der Waals surface area contributed by atoms with Crippen molar-refractivity contribution in [3.63, 3.8) is 0 Å². The van der Waals surface area contributed by atoms with Gasteiger partial charge in [0.1, 0.15) is 0 Å². The molecule has 2 N–H and O–H groups in total. The number of aliphatic carboxylic acids is 1. The predicted molar refractivity (Wildman–Crippen MR) is 66.8 cm³/mol. The third kappa shape index (κ3) is 3.00. The van der Waals surface area contributed by atoms with E-state index in [0.717, 1.165) is 5.56 Å². The van der Waals surface area contributed by atoms with Gasteiger partial charge in [0.05, 0.1) is 5.92 Å². The molecule has 88 valence electrons. The van der Waals surface area contributed by atoms with Gasteiger partial charge in [-0.25, -0.2) is 0 Å². The van der Waals surface area contributed by atoms with Gasteiger partial charge in [0.2, 0.25) is 0 Å². The Morgan fingerprint density at radius 2 is 1.94 bits per heavy atom. The van der Waals surface area contributed by atoms with Crippen molar-refractivity contribution in [1.82, 2.24) is 5.32 Å². The number of hydrogen-bond acceptors (Lipinski definition) is 3. The molecule has 4 heteroatoms. The van der Waals surface area contributed by atoms with Crippen molar-refractivity contribution in [3.8, 4) is 0 Å². The number of nitrogens with one attached hydrogen (secondary N) is 1. The Kier molecular flexibility index (Phi) is 4.83. The van der Waals surface area contributed by atoms with Gasteiger partial charge in [0, 0.05) is 10.9 Å². The van der Waals surface area contributed by atoms with Crippen molar-refractivity contribution in [1.29, 1.82) is 0 Å². The lowest BCUT2D eigenvalue weighted by Gasteiger charge is -2.20. The van der Waals surface area contributed by atoms with Gasteiger partial charge in [0.15, 0.2) is 0 Å². The molecule has 16 heavy (non-hydrogen) atoms. The van der Waals surface area contributed by atoms with Crippen molar-refractivity contribution >= 4 is 17.7 Å². The second-order valence-corrected chi connectivity index (χ2v) is 4.55. The van der Waals surface area contributed by atoms with Crippen LogP contribution in [0.5, 0.6) is 0 Å². The summed E-state index contributed by atoms with van der Waals surface area (Å²) in [5.41, 5.74) is 1.01. The zero-order valence-electron chi connectivity index (χ0n) is 9.73. The third-order valence-electron chi connectivity index (χ3n) is 2.68. The molecule has 0 spiro atoms. The van der Waals surface area contributed by atoms with E-state index in [1.165, 1.54) is 4.90 Å². The summed E-state index contributed by atoms with van der Waals surface area (Å²) < 4.78 is 0. The number of rotatable bonds is 5. The minimum atomic E-state index is -0.784. The first-order valence-corrected chi connectivity index (χ1v) is 6.36. The molecule has 0 aromatic heterocycles. The SMILES string of the molecule is CNC(c1ccc(SC)cc1)C(C)C(=O)O. The molecular weight excluding hydrogens is 222 g/mol. The van der Waals surface area contributed by atoms with E-state index in [-0.39, 0.29) is 6.04 Å². The molecule has 2 unspecified atom stereocenters. The molecule has 0 saturated heterocycles. The minimum absolute atomic E-state index is 0.145. The van der Waals surface area contributed by atoms with E-state index in [1.807, 2.05) is 30.5 Å². The topological polar surface area (TPSA) is 49.3 Å². The van der Waals surface area contributed by atoms with Crippen LogP contribution >= 0.6 is 11.8 Å². The smallest absolute Gasteiger partial charge is 0.308 e. The van der Waals surface area contributed by atoms with Gasteiger partial charge >= 0.3 is 5.97 Å². The molecule has 0 radical (unpaired) electrons. The summed E-state index contributed by atoms with van der Waals surface area (Å²) in [5.74, 6) is -1.22. The Balaban J connectivity index is 2.90. The summed E-state index contributed by atoms with van der Waals surface area (Å²) in [6.07, 6.45) is 2.02. The van der Waals surface area contributed by atoms with Gasteiger partial charge in [0.25, 0.3) is 0 Å². The number of carboxylic acids is 1. The largest absolute Gasteiger partial charge is 0.481 e. The van der Waals surface area contributed by atoms with Crippen LogP contribution in [0.4, 0.5) is 0 Å². The molecule has 1 aromatic rings. The van der Waals surface area contributed by atoms with E-state index in [9.17, 15) is 4.79 Å². The number of carboxylic acid groups (broad SMARTS) is 1. The second kappa shape index (κ2) is 5.92. The Morgan fingerprint density at radius 1 is 1.38 bits per heavy atom. The molecule has 0 saturated carbocycles. The van der Waals surface area contributed by atoms with Crippen LogP contribution in [0.1, 0.15) is 18.5 Å². The number of benzene rings is 1. The molecule has 0 heterocycles. The molecule has 3 nitrogen and oxygen atoms in total. The lowest BCUT2D eigenvalue weighted by Crippen LogP contribution is -2.28. The lowest BCUT2D eigenvalue weighted by atomic mass is 9.95. The van der Waals surface area contributed by atoms with Crippen LogP contribution < -0.4 is 5.32 Å². The molecule has 0 bridgehead atoms. The number of carbonyl (C=O) groups is 1. The van der Waals surface area contributed by atoms with Crippen LogP contribution in [-0.4, -0.2) is 24.4 Å². The van der Waals surface area contributed by atoms with Gasteiger partial charge in [-0.15, -0.1) is 11.8 Å². The normalized spacial score (nSPS) is 14.4. The first-order chi connectivity index (χ1) is 7.60. The average Bonchev–Trinajstić information content (AvgIpc) is 2.30. The Bertz CT molecular complexity index is 351. The Labute approximate surface area is 100 Å². The highest BCUT2D eigenvalue weighted by atomic mass is 32.2. The van der Waals surface area contributed by atoms with E-state index in [4.69, 9.17) is 5.11 Å². The summed E-state index contributed by atoms with van der Waals surface area (Å²) >= 11 is 1.67. The molecule has 1 aromatic carbocycles. The summed E-state index contributed by atoms with van der Waals surface area (Å²) in [6.45, 7) is 1.71. The van der Waals surface area contributed by atoms with Gasteiger partial charge in [-0.3, -0.25) is 4.79 Å². The molecule has 0 amide bonds. The van der Waals surface area contributed by atoms with Crippen molar-refractivity contribution in [2.24, 2.45) is 5.92 Å². The zero-order valence-corrected chi connectivity index (χ0v) is 10.5. The monoisotopic (exact) mass is 239 g/mol. The van der Waals surface area contributed by atoms with E-state index in [2.05, 4.69) is 5.32 Å². The maximum Gasteiger partial charge on any atom is 0.308 e. The van der Waals surface area contributed by atoms with Crippen molar-refractivity contribution in [3.05, 3.63) is 29.8 Å². The molecular formula is C12H17NO2S. The van der Waals surface area contributed by atoms with Crippen molar-refractivity contribution in [2.75, 3.05) is 13.3 Å². The highest BCUT2D eigenvalue weighted by molar-refractivity contribution is 7.98. The van der Waals surface area contributed by atoms with Crippen LogP contribution in [0.2, 0.25) is 0 Å². The van der Waals surface area contributed by atoms with E-state index in [1.54, 1.807) is 25.7 Å². The summed E-state index contributed by atoms with van der Waals surface area (Å²) in [5, 5.41) is 12.1. The quantitative estimate of drug-likeness (QED) is 0.775. The standard InChI is InChI=1S/C12H17NO2S/c1-8(12(14)15)11(13-2)9-4-6-10(16-3)7-5-9/h4-8,11,13H,1-3H3,(H,14,15). The van der Waals surface area contributed by atoms with E-state index >= 15 is 0 Å². The first-order valence-electron chi connectivity index (χ1n) is 5.14. The lowest BCUT2D eigenvalue weighted by molar-refractivity contribution is -0.142. The van der Waals surface area contributed by atoms with Crippen LogP contribution in [-0.2, 0) is 4.79 Å². The van der Waals surface area contributed by atoms with Crippen LogP contribution in [0.3, 0.4) is 0 Å². The van der Waals surface area contributed by atoms with Gasteiger partial charge in [-0.2, -0.15) is 0 Å². The molecule has 0 aliphatic heterocycles. The highest BCUT2D eigenvalue weighted by Crippen LogP contribution is 2.24. The maximum absolute atomic E-state index is 11.0. The molecule has 0 aliphatic rings. The fourth-order valence-corrected chi connectivity index (χ4v) is 2.07. The molecule has 0 aliphatic carbocycles. The summed E-state index contributed by atoms with van der Waals surface area (Å²) in [6, 6.07) is 7.84. The van der Waals surface area contributed by atoms with Crippen LogP contribution in [0.15, 0.2) is 29.2 Å². The van der Waals surface area contributed by atoms with E-state index < -0.39 is 11.9 Å². The highest BCUT2D eigenvalue weighted by Gasteiger charge is 2.23. The number of thioether (sulfide) groups is 1. The van der Waals surface area contributed by atoms with E-state index in [0.29, 0.717) is 0 Å². The van der Waals surface area contributed by atoms with Crippen LogP contribution in [0.25, 0.3) is 0 Å². The third-order valence-corrected chi connectivity index (χ3v) is 3.42. The summed E-state index contributed by atoms with van der Waals surface area (Å²) in [4.78, 5) is 12.1. The van der Waals surface area contributed by atoms with Crippen LogP contribution in [0, 0.1) is 5.92 Å². The Morgan fingerprint density at radius 3 is 2.31 bits per heavy atom. The van der Waals surface area contributed by atoms with Gasteiger partial charge in [-0.1, -0.05) is 19.1 Å². The first kappa shape index (κ1) is 13.1. The van der Waals surface area contributed by atoms with Gasteiger partial charge in [-0.05, 0) is 31.0 Å². The summed E-state index contributed by atoms with van der Waals surface area (Å²) in [7, 11) is 1.78. The van der Waals surface area contributed by atoms with Crippen molar-refractivity contribution < 1.29 is 9.90 Å². The maximum atomic E-state index is 11.0. The van der Waals surface area contributed by atoms with Crippen molar-refractivity contribution in [2.45, 2.75) is 17.9 Å². The molecule has 2 atom stereocenters. The predicted octanol–water partition coefficient (Wildman–Crippen LogP) is 2.39. The zero-order chi connectivity index (χ0) is 12.1.